The summed E-state index contributed by atoms with van der Waals surface area (Å²) in [5, 5.41) is 3.47. The Kier molecular flexibility index (Phi) is 7.20. The Balaban J connectivity index is 1.76. The van der Waals surface area contributed by atoms with Crippen molar-refractivity contribution in [2.24, 2.45) is 0 Å². The van der Waals surface area contributed by atoms with E-state index in [2.05, 4.69) is 10.3 Å². The van der Waals surface area contributed by atoms with Crippen molar-refractivity contribution in [3.63, 3.8) is 0 Å². The number of carbonyl (C=O) groups excluding carboxylic acids is 2. The van der Waals surface area contributed by atoms with Crippen molar-refractivity contribution in [2.75, 3.05) is 18.4 Å². The third-order valence-electron chi connectivity index (χ3n) is 4.59. The number of amides is 2. The summed E-state index contributed by atoms with van der Waals surface area (Å²) in [5.74, 6) is -1.14. The highest BCUT2D eigenvalue weighted by Gasteiger charge is 2.33. The molecule has 0 aliphatic rings. The van der Waals surface area contributed by atoms with Crippen molar-refractivity contribution in [2.45, 2.75) is 20.0 Å². The molecule has 0 radical (unpaired) electrons. The third-order valence-corrected chi connectivity index (χ3v) is 6.04. The van der Waals surface area contributed by atoms with Crippen LogP contribution in [0.3, 0.4) is 0 Å². The third kappa shape index (κ3) is 5.46. The molecule has 0 saturated heterocycles. The molecule has 1 N–H and O–H groups in total. The number of carbonyl (C=O) groups is 2. The Morgan fingerprint density at radius 1 is 1.12 bits per heavy atom. The van der Waals surface area contributed by atoms with Crippen LogP contribution in [0.25, 0.3) is 10.6 Å². The molecule has 0 unspecified atom stereocenters. The summed E-state index contributed by atoms with van der Waals surface area (Å²) in [6, 6.07) is 11.7. The van der Waals surface area contributed by atoms with Crippen molar-refractivity contribution in [3.8, 4) is 10.6 Å². The van der Waals surface area contributed by atoms with E-state index in [0.29, 0.717) is 20.6 Å². The maximum atomic E-state index is 13.2. The van der Waals surface area contributed by atoms with Crippen LogP contribution >= 0.6 is 22.9 Å². The fourth-order valence-electron chi connectivity index (χ4n) is 2.98. The number of hydrogen-bond acceptors (Lipinski definition) is 4. The lowest BCUT2D eigenvalue weighted by molar-refractivity contribution is -0.137. The number of nitrogens with one attached hydrogen (secondary N) is 1. The molecule has 3 aromatic rings. The Bertz CT molecular complexity index is 1130. The molecule has 0 saturated carbocycles. The summed E-state index contributed by atoms with van der Waals surface area (Å²) in [6.45, 7) is 3.18. The molecule has 3 rings (SSSR count). The minimum Gasteiger partial charge on any atom is -0.329 e. The number of aryl methyl sites for hydroxylation is 1. The maximum Gasteiger partial charge on any atom is 0.418 e. The van der Waals surface area contributed by atoms with E-state index in [-0.39, 0.29) is 12.2 Å². The van der Waals surface area contributed by atoms with Gasteiger partial charge in [0.25, 0.3) is 5.91 Å². The smallest absolute Gasteiger partial charge is 0.329 e. The average Bonchev–Trinajstić information content (AvgIpc) is 3.13. The van der Waals surface area contributed by atoms with E-state index in [1.165, 1.54) is 34.4 Å². The first-order valence-electron chi connectivity index (χ1n) is 9.59. The van der Waals surface area contributed by atoms with E-state index < -0.39 is 30.1 Å². The quantitative estimate of drug-likeness (QED) is 0.477. The van der Waals surface area contributed by atoms with Gasteiger partial charge >= 0.3 is 6.18 Å². The van der Waals surface area contributed by atoms with Crippen LogP contribution in [0, 0.1) is 6.92 Å². The number of alkyl halides is 3. The number of nitrogens with zero attached hydrogens (tertiary/aromatic N) is 2. The summed E-state index contributed by atoms with van der Waals surface area (Å²) in [6.07, 6.45) is -4.61. The predicted octanol–water partition coefficient (Wildman–Crippen LogP) is 5.89. The predicted molar refractivity (Wildman–Crippen MR) is 119 cm³/mol. The molecule has 2 amide bonds. The Labute approximate surface area is 191 Å². The number of benzene rings is 2. The normalized spacial score (nSPS) is 11.3. The van der Waals surface area contributed by atoms with E-state index in [0.717, 1.165) is 11.6 Å². The van der Waals surface area contributed by atoms with Crippen LogP contribution < -0.4 is 5.32 Å². The lowest BCUT2D eigenvalue weighted by Crippen LogP contribution is -2.38. The van der Waals surface area contributed by atoms with Crippen molar-refractivity contribution in [1.29, 1.82) is 0 Å². The zero-order valence-electron chi connectivity index (χ0n) is 17.2. The minimum atomic E-state index is -4.61. The summed E-state index contributed by atoms with van der Waals surface area (Å²) in [5.41, 5.74) is -0.00143. The highest BCUT2D eigenvalue weighted by molar-refractivity contribution is 7.17. The SMILES string of the molecule is CCN(CC(=O)Nc1ccccc1C(F)(F)F)C(=O)c1sc(-c2ccc(Cl)cc2)nc1C. The summed E-state index contributed by atoms with van der Waals surface area (Å²) in [4.78, 5) is 31.5. The van der Waals surface area contributed by atoms with Crippen LogP contribution in [-0.4, -0.2) is 34.8 Å². The molecular weight excluding hydrogens is 463 g/mol. The molecule has 0 fully saturated rings. The van der Waals surface area contributed by atoms with Gasteiger partial charge in [0, 0.05) is 17.1 Å². The Hall–Kier alpha value is -2.91. The molecule has 1 heterocycles. The molecule has 0 atom stereocenters. The molecule has 0 spiro atoms. The average molecular weight is 482 g/mol. The topological polar surface area (TPSA) is 62.3 Å². The molecule has 32 heavy (non-hydrogen) atoms. The van der Waals surface area contributed by atoms with Crippen molar-refractivity contribution < 1.29 is 22.8 Å². The van der Waals surface area contributed by atoms with Crippen LogP contribution in [0.15, 0.2) is 48.5 Å². The molecule has 10 heteroatoms. The lowest BCUT2D eigenvalue weighted by Gasteiger charge is -2.20. The van der Waals surface area contributed by atoms with Gasteiger partial charge in [0.05, 0.1) is 16.9 Å². The summed E-state index contributed by atoms with van der Waals surface area (Å²) in [7, 11) is 0. The molecule has 5 nitrogen and oxygen atoms in total. The van der Waals surface area contributed by atoms with Crippen molar-refractivity contribution >= 4 is 40.4 Å². The summed E-state index contributed by atoms with van der Waals surface area (Å²) >= 11 is 7.09. The number of likely N-dealkylation sites (N-methyl/N-ethyl adjacent to an activating group) is 1. The molecule has 1 aromatic heterocycles. The zero-order chi connectivity index (χ0) is 23.5. The monoisotopic (exact) mass is 481 g/mol. The highest BCUT2D eigenvalue weighted by Crippen LogP contribution is 2.34. The first-order chi connectivity index (χ1) is 15.1. The van der Waals surface area contributed by atoms with Gasteiger partial charge in [-0.05, 0) is 38.1 Å². The highest BCUT2D eigenvalue weighted by atomic mass is 35.5. The lowest BCUT2D eigenvalue weighted by atomic mass is 10.1. The van der Waals surface area contributed by atoms with Crippen LogP contribution in [0.4, 0.5) is 18.9 Å². The van der Waals surface area contributed by atoms with Gasteiger partial charge in [0.1, 0.15) is 16.4 Å². The minimum absolute atomic E-state index is 0.195. The van der Waals surface area contributed by atoms with Gasteiger partial charge in [-0.2, -0.15) is 13.2 Å². The molecule has 168 valence electrons. The largest absolute Gasteiger partial charge is 0.418 e. The number of thiazole rings is 1. The van der Waals surface area contributed by atoms with Crippen LogP contribution in [-0.2, 0) is 11.0 Å². The van der Waals surface area contributed by atoms with Gasteiger partial charge in [0.2, 0.25) is 5.91 Å². The van der Waals surface area contributed by atoms with E-state index in [4.69, 9.17) is 11.6 Å². The second-order valence-electron chi connectivity index (χ2n) is 6.85. The first kappa shape index (κ1) is 23.7. The Morgan fingerprint density at radius 2 is 1.78 bits per heavy atom. The zero-order valence-corrected chi connectivity index (χ0v) is 18.7. The van der Waals surface area contributed by atoms with Gasteiger partial charge in [-0.3, -0.25) is 9.59 Å². The van der Waals surface area contributed by atoms with E-state index in [9.17, 15) is 22.8 Å². The molecule has 0 aliphatic heterocycles. The molecule has 0 aliphatic carbocycles. The van der Waals surface area contributed by atoms with E-state index in [1.807, 2.05) is 0 Å². The summed E-state index contributed by atoms with van der Waals surface area (Å²) < 4.78 is 39.5. The van der Waals surface area contributed by atoms with Crippen LogP contribution in [0.1, 0.15) is 27.9 Å². The second-order valence-corrected chi connectivity index (χ2v) is 8.29. The fourth-order valence-corrected chi connectivity index (χ4v) is 4.15. The number of halogens is 4. The maximum absolute atomic E-state index is 13.2. The Morgan fingerprint density at radius 3 is 2.41 bits per heavy atom. The van der Waals surface area contributed by atoms with Gasteiger partial charge < -0.3 is 10.2 Å². The van der Waals surface area contributed by atoms with E-state index >= 15 is 0 Å². The van der Waals surface area contributed by atoms with Gasteiger partial charge in [-0.15, -0.1) is 11.3 Å². The standard InChI is InChI=1S/C22H19ClF3N3O2S/c1-3-29(12-18(30)28-17-7-5-4-6-16(17)22(24,25)26)21(31)19-13(2)27-20(32-19)14-8-10-15(23)11-9-14/h4-11H,3,12H2,1-2H3,(H,28,30). The molecular formula is C22H19ClF3N3O2S. The van der Waals surface area contributed by atoms with Gasteiger partial charge in [-0.25, -0.2) is 4.98 Å². The number of hydrogen-bond donors (Lipinski definition) is 1. The van der Waals surface area contributed by atoms with E-state index in [1.54, 1.807) is 38.1 Å². The number of rotatable bonds is 6. The van der Waals surface area contributed by atoms with Gasteiger partial charge in [-0.1, -0.05) is 35.9 Å². The molecule has 0 bridgehead atoms. The van der Waals surface area contributed by atoms with Crippen LogP contribution in [0.5, 0.6) is 0 Å². The fraction of sp³-hybridized carbons (Fsp3) is 0.227. The number of anilines is 1. The number of aromatic nitrogens is 1. The molecule has 2 aromatic carbocycles. The number of para-hydroxylation sites is 1. The van der Waals surface area contributed by atoms with Crippen LogP contribution in [0.2, 0.25) is 5.02 Å². The van der Waals surface area contributed by atoms with Crippen molar-refractivity contribution in [3.05, 3.63) is 69.7 Å². The first-order valence-corrected chi connectivity index (χ1v) is 10.8. The van der Waals surface area contributed by atoms with Crippen molar-refractivity contribution in [1.82, 2.24) is 9.88 Å². The van der Waals surface area contributed by atoms with Gasteiger partial charge in [0.15, 0.2) is 0 Å². The second kappa shape index (κ2) is 9.70.